The number of nitriles is 1. The van der Waals surface area contributed by atoms with Crippen molar-refractivity contribution in [3.8, 4) is 11.8 Å². The second kappa shape index (κ2) is 11.3. The van der Waals surface area contributed by atoms with E-state index in [4.69, 9.17) is 27.9 Å². The fourth-order valence-electron chi connectivity index (χ4n) is 3.29. The van der Waals surface area contributed by atoms with Crippen molar-refractivity contribution in [1.29, 1.82) is 5.26 Å². The van der Waals surface area contributed by atoms with Gasteiger partial charge in [0.05, 0.1) is 12.2 Å². The third kappa shape index (κ3) is 6.78. The number of amides is 1. The molecule has 9 heteroatoms. The van der Waals surface area contributed by atoms with Crippen LogP contribution in [0.25, 0.3) is 6.08 Å². The lowest BCUT2D eigenvalue weighted by Crippen LogP contribution is -2.14. The highest BCUT2D eigenvalue weighted by Gasteiger charge is 2.30. The number of carbonyl (C=O) groups is 1. The predicted molar refractivity (Wildman–Crippen MR) is 131 cm³/mol. The molecule has 3 aromatic carbocycles. The highest BCUT2D eigenvalue weighted by molar-refractivity contribution is 6.32. The molecule has 0 unspecified atom stereocenters. The zero-order chi connectivity index (χ0) is 25.6. The summed E-state index contributed by atoms with van der Waals surface area (Å²) in [5, 5.41) is 12.7. The molecule has 0 radical (unpaired) electrons. The molecule has 0 bridgehead atoms. The third-order valence-corrected chi connectivity index (χ3v) is 5.63. The van der Waals surface area contributed by atoms with Gasteiger partial charge in [-0.1, -0.05) is 47.5 Å². The van der Waals surface area contributed by atoms with Crippen LogP contribution >= 0.6 is 23.2 Å². The first kappa shape index (κ1) is 26.1. The highest BCUT2D eigenvalue weighted by Crippen LogP contribution is 2.34. The van der Waals surface area contributed by atoms with Crippen LogP contribution in [-0.2, 0) is 17.4 Å². The SMILES string of the molecule is CCOc1cc(/C=C(\C#N)C(=O)Nc2cccc(C(F)(F)F)c2)cc(Cl)c1Cc1ccccc1Cl. The maximum Gasteiger partial charge on any atom is 0.416 e. The lowest BCUT2D eigenvalue weighted by Gasteiger charge is -2.14. The van der Waals surface area contributed by atoms with E-state index < -0.39 is 17.6 Å². The van der Waals surface area contributed by atoms with Crippen molar-refractivity contribution < 1.29 is 22.7 Å². The summed E-state index contributed by atoms with van der Waals surface area (Å²) in [6.45, 7) is 2.15. The van der Waals surface area contributed by atoms with E-state index in [1.54, 1.807) is 31.2 Å². The fraction of sp³-hybridized carbons (Fsp3) is 0.154. The van der Waals surface area contributed by atoms with Gasteiger partial charge in [0.2, 0.25) is 0 Å². The number of nitrogens with one attached hydrogen (secondary N) is 1. The van der Waals surface area contributed by atoms with Gasteiger partial charge in [0.25, 0.3) is 5.91 Å². The molecule has 3 aromatic rings. The molecule has 3 rings (SSSR count). The highest BCUT2D eigenvalue weighted by atomic mass is 35.5. The minimum atomic E-state index is -4.56. The van der Waals surface area contributed by atoms with Crippen molar-refractivity contribution in [3.63, 3.8) is 0 Å². The summed E-state index contributed by atoms with van der Waals surface area (Å²) in [6.07, 6.45) is -2.87. The number of hydrogen-bond donors (Lipinski definition) is 1. The number of anilines is 1. The summed E-state index contributed by atoms with van der Waals surface area (Å²) in [7, 11) is 0. The van der Waals surface area contributed by atoms with E-state index in [-0.39, 0.29) is 11.3 Å². The maximum atomic E-state index is 12.9. The van der Waals surface area contributed by atoms with Gasteiger partial charge < -0.3 is 10.1 Å². The van der Waals surface area contributed by atoms with Crippen molar-refractivity contribution in [2.45, 2.75) is 19.5 Å². The van der Waals surface area contributed by atoms with Gasteiger partial charge in [0.1, 0.15) is 17.4 Å². The summed E-state index contributed by atoms with van der Waals surface area (Å²) in [5.41, 5.74) is 0.621. The number of rotatable bonds is 7. The molecular weight excluding hydrogens is 500 g/mol. The smallest absolute Gasteiger partial charge is 0.416 e. The van der Waals surface area contributed by atoms with Crippen molar-refractivity contribution >= 4 is 40.9 Å². The predicted octanol–water partition coefficient (Wildman–Crippen LogP) is 7.55. The van der Waals surface area contributed by atoms with Gasteiger partial charge in [-0.25, -0.2) is 0 Å². The first-order valence-electron chi connectivity index (χ1n) is 10.4. The Morgan fingerprint density at radius 2 is 1.83 bits per heavy atom. The molecule has 35 heavy (non-hydrogen) atoms. The van der Waals surface area contributed by atoms with Crippen LogP contribution in [0.4, 0.5) is 18.9 Å². The van der Waals surface area contributed by atoms with Crippen molar-refractivity contribution in [2.75, 3.05) is 11.9 Å². The quantitative estimate of drug-likeness (QED) is 0.259. The van der Waals surface area contributed by atoms with E-state index >= 15 is 0 Å². The van der Waals surface area contributed by atoms with Crippen LogP contribution in [0.5, 0.6) is 5.75 Å². The summed E-state index contributed by atoms with van der Waals surface area (Å²) in [5.74, 6) is -0.400. The number of halogens is 5. The van der Waals surface area contributed by atoms with Gasteiger partial charge in [0.15, 0.2) is 0 Å². The van der Waals surface area contributed by atoms with E-state index in [0.717, 1.165) is 17.7 Å². The van der Waals surface area contributed by atoms with E-state index in [1.165, 1.54) is 18.2 Å². The maximum absolute atomic E-state index is 12.9. The summed E-state index contributed by atoms with van der Waals surface area (Å²) < 4.78 is 44.6. The second-order valence-electron chi connectivity index (χ2n) is 7.38. The van der Waals surface area contributed by atoms with Crippen LogP contribution in [0, 0.1) is 11.3 Å². The Bertz CT molecular complexity index is 1310. The van der Waals surface area contributed by atoms with Gasteiger partial charge in [-0.2, -0.15) is 18.4 Å². The van der Waals surface area contributed by atoms with Crippen molar-refractivity contribution in [1.82, 2.24) is 0 Å². The fourth-order valence-corrected chi connectivity index (χ4v) is 3.78. The zero-order valence-corrected chi connectivity index (χ0v) is 19.9. The van der Waals surface area contributed by atoms with Gasteiger partial charge >= 0.3 is 6.18 Å². The van der Waals surface area contributed by atoms with E-state index in [0.29, 0.717) is 39.9 Å². The zero-order valence-electron chi connectivity index (χ0n) is 18.4. The molecule has 180 valence electrons. The number of alkyl halides is 3. The van der Waals surface area contributed by atoms with E-state index in [2.05, 4.69) is 5.32 Å². The van der Waals surface area contributed by atoms with Crippen molar-refractivity contribution in [2.24, 2.45) is 0 Å². The molecule has 0 heterocycles. The number of carbonyl (C=O) groups excluding carboxylic acids is 1. The summed E-state index contributed by atoms with van der Waals surface area (Å²) in [4.78, 5) is 12.6. The average molecular weight is 519 g/mol. The second-order valence-corrected chi connectivity index (χ2v) is 8.20. The normalized spacial score (nSPS) is 11.6. The largest absolute Gasteiger partial charge is 0.494 e. The molecular formula is C26H19Cl2F3N2O2. The molecule has 0 atom stereocenters. The number of nitrogens with zero attached hydrogens (tertiary/aromatic N) is 1. The Hall–Kier alpha value is -3.47. The third-order valence-electron chi connectivity index (χ3n) is 4.93. The summed E-state index contributed by atoms with van der Waals surface area (Å²) >= 11 is 12.8. The molecule has 0 aliphatic rings. The van der Waals surface area contributed by atoms with E-state index in [1.807, 2.05) is 18.2 Å². The number of hydrogen-bond acceptors (Lipinski definition) is 3. The van der Waals surface area contributed by atoms with E-state index in [9.17, 15) is 23.2 Å². The topological polar surface area (TPSA) is 62.1 Å². The molecule has 0 fully saturated rings. The molecule has 0 aliphatic carbocycles. The lowest BCUT2D eigenvalue weighted by atomic mass is 10.0. The van der Waals surface area contributed by atoms with Crippen LogP contribution in [0.3, 0.4) is 0 Å². The van der Waals surface area contributed by atoms with Gasteiger partial charge in [0, 0.05) is 27.7 Å². The first-order chi connectivity index (χ1) is 16.6. The van der Waals surface area contributed by atoms with Crippen LogP contribution in [0.15, 0.2) is 66.2 Å². The lowest BCUT2D eigenvalue weighted by molar-refractivity contribution is -0.137. The number of ether oxygens (including phenoxy) is 1. The molecule has 0 saturated heterocycles. The van der Waals surface area contributed by atoms with Crippen molar-refractivity contribution in [3.05, 3.63) is 98.5 Å². The van der Waals surface area contributed by atoms with Crippen LogP contribution in [-0.4, -0.2) is 12.5 Å². The first-order valence-corrected chi connectivity index (χ1v) is 11.2. The Labute approximate surface area is 210 Å². The molecule has 1 N–H and O–H groups in total. The molecule has 0 spiro atoms. The Kier molecular flexibility index (Phi) is 8.44. The molecule has 0 aliphatic heterocycles. The summed E-state index contributed by atoms with van der Waals surface area (Å²) in [6, 6.07) is 16.4. The van der Waals surface area contributed by atoms with Gasteiger partial charge in [-0.15, -0.1) is 0 Å². The molecule has 1 amide bonds. The minimum absolute atomic E-state index is 0.0888. The molecule has 0 aromatic heterocycles. The Morgan fingerprint density at radius 1 is 1.09 bits per heavy atom. The minimum Gasteiger partial charge on any atom is -0.494 e. The number of benzene rings is 3. The molecule has 4 nitrogen and oxygen atoms in total. The Balaban J connectivity index is 1.91. The average Bonchev–Trinajstić information content (AvgIpc) is 2.80. The Morgan fingerprint density at radius 3 is 2.49 bits per heavy atom. The van der Waals surface area contributed by atoms with Crippen LogP contribution in [0.1, 0.15) is 29.2 Å². The standard InChI is InChI=1S/C26H19Cl2F3N2O2/c1-2-35-24-12-16(11-23(28)21(24)13-17-6-3-4-9-22(17)27)10-18(15-32)25(34)33-20-8-5-7-19(14-20)26(29,30)31/h3-12,14H,2,13H2,1H3,(H,33,34)/b18-10+. The van der Waals surface area contributed by atoms with Crippen LogP contribution < -0.4 is 10.1 Å². The monoisotopic (exact) mass is 518 g/mol. The van der Waals surface area contributed by atoms with Gasteiger partial charge in [-0.05, 0) is 60.5 Å². The molecule has 0 saturated carbocycles. The van der Waals surface area contributed by atoms with Crippen LogP contribution in [0.2, 0.25) is 10.0 Å². The van der Waals surface area contributed by atoms with Gasteiger partial charge in [-0.3, -0.25) is 4.79 Å².